The molecule has 0 saturated heterocycles. The van der Waals surface area contributed by atoms with E-state index in [0.717, 1.165) is 50.6 Å². The van der Waals surface area contributed by atoms with Gasteiger partial charge in [0.2, 0.25) is 0 Å². The quantitative estimate of drug-likeness (QED) is 0.223. The predicted molar refractivity (Wildman–Crippen MR) is 219 cm³/mol. The van der Waals surface area contributed by atoms with Crippen molar-refractivity contribution in [3.05, 3.63) is 52.7 Å². The number of fused-ring (bicyclic) bond motifs is 5. The van der Waals surface area contributed by atoms with Gasteiger partial charge in [0.1, 0.15) is 0 Å². The van der Waals surface area contributed by atoms with Crippen LogP contribution in [-0.2, 0) is 11.3 Å². The number of aliphatic hydroxyl groups excluding tert-OH is 3. The molecule has 7 saturated carbocycles. The number of hydrogen-bond donors (Lipinski definition) is 4. The molecule has 4 N–H and O–H groups in total. The normalized spacial score (nSPS) is 48.4. The van der Waals surface area contributed by atoms with E-state index in [1.807, 2.05) is 18.6 Å². The lowest BCUT2D eigenvalue weighted by atomic mass is 9.38. The largest absolute Gasteiger partial charge is 0.392 e. The highest BCUT2D eigenvalue weighted by atomic mass is 16.3. The van der Waals surface area contributed by atoms with Crippen molar-refractivity contribution in [1.82, 2.24) is 9.55 Å². The van der Waals surface area contributed by atoms with E-state index >= 15 is 0 Å². The molecule has 1 heterocycles. The average molecular weight is 779 g/mol. The van der Waals surface area contributed by atoms with Crippen molar-refractivity contribution in [2.45, 2.75) is 174 Å². The van der Waals surface area contributed by atoms with Crippen molar-refractivity contribution < 1.29 is 25.2 Å². The number of ketones is 1. The van der Waals surface area contributed by atoms with Gasteiger partial charge in [-0.1, -0.05) is 62.8 Å². The number of hydrogen-bond acceptors (Lipinski definition) is 6. The molecule has 0 bridgehead atoms. The zero-order chi connectivity index (χ0) is 39.4. The molecule has 11 rings (SSSR count). The molecule has 0 unspecified atom stereocenters. The highest BCUT2D eigenvalue weighted by Gasteiger charge is 2.73. The Hall–Kier alpha value is -2.06. The Bertz CT molecular complexity index is 1920. The molecule has 0 aromatic carbocycles. The molecule has 7 heteroatoms. The van der Waals surface area contributed by atoms with Crippen LogP contribution in [0, 0.1) is 74.9 Å². The molecule has 1 aromatic rings. The monoisotopic (exact) mass is 779 g/mol. The number of imidazole rings is 1. The van der Waals surface area contributed by atoms with Crippen molar-refractivity contribution in [3.8, 4) is 0 Å². The minimum atomic E-state index is -1.11. The minimum Gasteiger partial charge on any atom is -0.392 e. The number of aryl methyl sites for hydroxylation is 1. The molecule has 7 fully saturated rings. The van der Waals surface area contributed by atoms with Crippen molar-refractivity contribution in [2.75, 3.05) is 0 Å². The molecule has 310 valence electrons. The molecule has 0 aliphatic heterocycles. The van der Waals surface area contributed by atoms with Crippen LogP contribution in [0.5, 0.6) is 0 Å². The van der Waals surface area contributed by atoms with Crippen LogP contribution >= 0.6 is 0 Å². The third-order valence-corrected chi connectivity index (χ3v) is 20.5. The average Bonchev–Trinajstić information content (AvgIpc) is 3.93. The topological polar surface area (TPSA) is 116 Å². The molecule has 15 atom stereocenters. The number of carbonyl (C=O) groups is 1. The summed E-state index contributed by atoms with van der Waals surface area (Å²) in [6.45, 7) is 10.5. The standard InChI is InChI=1S/C50H70N2O5/c1-46(2,19-21-52-22-20-51-27-52)43-31-11-8-17-49(15-5-6-16-49)42(31)30-10-7-9-28-23-32(44(55)40(43)39(28)30)33-14-18-50(57)36-25-37(53)35-24-38(54)45(56)34-13-12-29(26-47(33,50)3)41(36)48(34,35)4/h20,22,25,27-29,32-35,38,40-42,44-45,54-57H,5-19,21,23-24,26H2,1-4H3/t28-,29-,32+,33-,34-,35+,38-,40-,41+,42+,44+,45+,47-,48+,50-/m1/s1. The van der Waals surface area contributed by atoms with Crippen molar-refractivity contribution in [1.29, 1.82) is 0 Å². The lowest BCUT2D eigenvalue weighted by Crippen LogP contribution is -2.68. The van der Waals surface area contributed by atoms with Gasteiger partial charge in [-0.2, -0.15) is 0 Å². The van der Waals surface area contributed by atoms with Gasteiger partial charge in [0.05, 0.1) is 30.2 Å². The first-order valence-corrected chi connectivity index (χ1v) is 23.7. The summed E-state index contributed by atoms with van der Waals surface area (Å²) in [5.74, 6) is 1.31. The van der Waals surface area contributed by atoms with Crippen LogP contribution in [0.3, 0.4) is 0 Å². The van der Waals surface area contributed by atoms with Crippen LogP contribution in [0.2, 0.25) is 0 Å². The molecule has 0 amide bonds. The number of nitrogens with zero attached hydrogens (tertiary/aromatic N) is 2. The number of carbonyl (C=O) groups excluding carboxylic acids is 1. The van der Waals surface area contributed by atoms with E-state index in [0.29, 0.717) is 36.0 Å². The maximum atomic E-state index is 14.2. The summed E-state index contributed by atoms with van der Waals surface area (Å²) >= 11 is 0. The van der Waals surface area contributed by atoms with Crippen LogP contribution in [0.4, 0.5) is 0 Å². The summed E-state index contributed by atoms with van der Waals surface area (Å²) in [5.41, 5.74) is 5.98. The first-order valence-electron chi connectivity index (χ1n) is 23.7. The van der Waals surface area contributed by atoms with Crippen molar-refractivity contribution >= 4 is 5.78 Å². The summed E-state index contributed by atoms with van der Waals surface area (Å²) in [5, 5.41) is 49.1. The van der Waals surface area contributed by atoms with Crippen LogP contribution in [0.1, 0.15) is 143 Å². The fraction of sp³-hybridized carbons (Fsp3) is 0.800. The second-order valence-corrected chi connectivity index (χ2v) is 22.9. The summed E-state index contributed by atoms with van der Waals surface area (Å²) < 4.78 is 2.23. The Morgan fingerprint density at radius 2 is 1.67 bits per heavy atom. The van der Waals surface area contributed by atoms with E-state index in [-0.39, 0.29) is 46.7 Å². The van der Waals surface area contributed by atoms with Gasteiger partial charge in [0.15, 0.2) is 5.78 Å². The number of aromatic nitrogens is 2. The first kappa shape index (κ1) is 37.9. The molecule has 0 radical (unpaired) electrons. The second kappa shape index (κ2) is 12.7. The molecule has 1 spiro atoms. The SMILES string of the molecule is CC(C)(CCn1ccnc1)C1=C2CCCC3(CCCC3)[C@H]2C2=C3[C@H](CCC2)C[C@@H]([C@H]2CC[C@@]4(O)C5=CC(=O)[C@@H]6C[C@@H](O)[C@@H](O)[C@H]7CC[C@H](C[C@]24C)[C@@H]5[C@@]76C)[C@H](O)[C@H]31. The molecule has 57 heavy (non-hydrogen) atoms. The zero-order valence-corrected chi connectivity index (χ0v) is 35.3. The van der Waals surface area contributed by atoms with Crippen LogP contribution in [-0.4, -0.2) is 59.7 Å². The summed E-state index contributed by atoms with van der Waals surface area (Å²) in [7, 11) is 0. The van der Waals surface area contributed by atoms with Gasteiger partial charge in [0, 0.05) is 42.1 Å². The third-order valence-electron chi connectivity index (χ3n) is 20.5. The van der Waals surface area contributed by atoms with Gasteiger partial charge in [-0.25, -0.2) is 4.98 Å². The zero-order valence-electron chi connectivity index (χ0n) is 35.3. The second-order valence-electron chi connectivity index (χ2n) is 22.9. The summed E-state index contributed by atoms with van der Waals surface area (Å²) in [4.78, 5) is 18.6. The first-order chi connectivity index (χ1) is 27.2. The molecular formula is C50H70N2O5. The van der Waals surface area contributed by atoms with Gasteiger partial charge in [-0.05, 0) is 166 Å². The maximum absolute atomic E-state index is 14.2. The van der Waals surface area contributed by atoms with Crippen molar-refractivity contribution in [2.24, 2.45) is 74.9 Å². The minimum absolute atomic E-state index is 0.0433. The number of allylic oxidation sites excluding steroid dienone is 3. The van der Waals surface area contributed by atoms with E-state index < -0.39 is 34.7 Å². The number of rotatable bonds is 5. The summed E-state index contributed by atoms with van der Waals surface area (Å²) in [6, 6.07) is 0. The number of aliphatic hydroxyl groups is 4. The Morgan fingerprint density at radius 3 is 2.44 bits per heavy atom. The van der Waals surface area contributed by atoms with Crippen LogP contribution in [0.15, 0.2) is 52.7 Å². The lowest BCUT2D eigenvalue weighted by molar-refractivity contribution is -0.205. The molecule has 10 aliphatic carbocycles. The van der Waals surface area contributed by atoms with Crippen LogP contribution < -0.4 is 0 Å². The van der Waals surface area contributed by atoms with E-state index in [1.54, 1.807) is 22.3 Å². The van der Waals surface area contributed by atoms with Gasteiger partial charge >= 0.3 is 0 Å². The van der Waals surface area contributed by atoms with E-state index in [2.05, 4.69) is 43.4 Å². The third kappa shape index (κ3) is 4.92. The smallest absolute Gasteiger partial charge is 0.159 e. The summed E-state index contributed by atoms with van der Waals surface area (Å²) in [6.07, 6.45) is 25.0. The van der Waals surface area contributed by atoms with E-state index in [9.17, 15) is 25.2 Å². The fourth-order valence-corrected chi connectivity index (χ4v) is 18.3. The van der Waals surface area contributed by atoms with Gasteiger partial charge < -0.3 is 25.0 Å². The lowest BCUT2D eigenvalue weighted by Gasteiger charge is -2.67. The van der Waals surface area contributed by atoms with Gasteiger partial charge in [0.25, 0.3) is 0 Å². The fourth-order valence-electron chi connectivity index (χ4n) is 18.3. The Morgan fingerprint density at radius 1 is 0.895 bits per heavy atom. The highest BCUT2D eigenvalue weighted by Crippen LogP contribution is 2.75. The Balaban J connectivity index is 1.00. The Labute approximate surface area is 340 Å². The molecule has 1 aromatic heterocycles. The molecular weight excluding hydrogens is 709 g/mol. The molecule has 7 nitrogen and oxygen atoms in total. The van der Waals surface area contributed by atoms with Crippen molar-refractivity contribution in [3.63, 3.8) is 0 Å². The Kier molecular flexibility index (Phi) is 8.47. The molecule has 10 aliphatic rings. The predicted octanol–water partition coefficient (Wildman–Crippen LogP) is 8.51. The maximum Gasteiger partial charge on any atom is 0.159 e. The highest BCUT2D eigenvalue weighted by molar-refractivity contribution is 5.95. The van der Waals surface area contributed by atoms with Gasteiger partial charge in [-0.15, -0.1) is 0 Å². The van der Waals surface area contributed by atoms with Gasteiger partial charge in [-0.3, -0.25) is 4.79 Å². The van der Waals surface area contributed by atoms with Crippen LogP contribution in [0.25, 0.3) is 0 Å². The van der Waals surface area contributed by atoms with E-state index in [1.165, 1.54) is 64.2 Å². The van der Waals surface area contributed by atoms with E-state index in [4.69, 9.17) is 0 Å².